The van der Waals surface area contributed by atoms with Crippen molar-refractivity contribution in [2.75, 3.05) is 13.1 Å². The number of rotatable bonds is 3. The van der Waals surface area contributed by atoms with Gasteiger partial charge in [0.15, 0.2) is 5.69 Å². The molecule has 172 valence electrons. The Bertz CT molecular complexity index is 1470. The molecule has 0 saturated carbocycles. The molecule has 1 aliphatic rings. The van der Waals surface area contributed by atoms with E-state index in [9.17, 15) is 9.18 Å². The summed E-state index contributed by atoms with van der Waals surface area (Å²) in [5, 5.41) is 5.10. The predicted molar refractivity (Wildman–Crippen MR) is 123 cm³/mol. The average molecular weight is 461 g/mol. The molecule has 2 N–H and O–H groups in total. The van der Waals surface area contributed by atoms with E-state index in [1.807, 2.05) is 0 Å². The van der Waals surface area contributed by atoms with Crippen molar-refractivity contribution in [1.29, 1.82) is 0 Å². The number of piperidine rings is 1. The number of carbonyl (C=O) groups is 1. The van der Waals surface area contributed by atoms with Crippen LogP contribution in [0.1, 0.15) is 23.3 Å². The lowest BCUT2D eigenvalue weighted by Gasteiger charge is -2.30. The number of aryl methyl sites for hydroxylation is 1. The van der Waals surface area contributed by atoms with Gasteiger partial charge >= 0.3 is 0 Å². The van der Waals surface area contributed by atoms with E-state index in [0.29, 0.717) is 18.8 Å². The van der Waals surface area contributed by atoms with Crippen molar-refractivity contribution >= 4 is 22.5 Å². The van der Waals surface area contributed by atoms with Crippen LogP contribution in [-0.4, -0.2) is 49.3 Å². The summed E-state index contributed by atoms with van der Waals surface area (Å²) in [4.78, 5) is 22.2. The Morgan fingerprint density at radius 3 is 2.79 bits per heavy atom. The maximum atomic E-state index is 15.9. The first-order chi connectivity index (χ1) is 16.4. The first kappa shape index (κ1) is 21.7. The minimum atomic E-state index is -0.850. The summed E-state index contributed by atoms with van der Waals surface area (Å²) in [6.45, 7) is 7.85. The molecule has 3 heterocycles. The van der Waals surface area contributed by atoms with Gasteiger partial charge in [0.05, 0.1) is 17.8 Å². The quantitative estimate of drug-likeness (QED) is 0.470. The maximum Gasteiger partial charge on any atom is 0.277 e. The SMILES string of the molecule is [C-]#[N+]c1ccc(-c2nc(C(=O)N3CCC[C@@H](N)C3)c(F)n2-c2ccc3nn(C)cc3c2)cc1F. The fourth-order valence-electron chi connectivity index (χ4n) is 4.32. The molecule has 8 nitrogen and oxygen atoms in total. The second-order valence-electron chi connectivity index (χ2n) is 8.39. The predicted octanol–water partition coefficient (Wildman–Crippen LogP) is 3.82. The van der Waals surface area contributed by atoms with Crippen LogP contribution < -0.4 is 5.73 Å². The molecule has 1 aliphatic heterocycles. The summed E-state index contributed by atoms with van der Waals surface area (Å²) < 4.78 is 33.1. The van der Waals surface area contributed by atoms with E-state index >= 15 is 4.39 Å². The zero-order valence-corrected chi connectivity index (χ0v) is 18.4. The van der Waals surface area contributed by atoms with Crippen LogP contribution in [0.3, 0.4) is 0 Å². The molecule has 4 aromatic rings. The molecular formula is C24H21F2N7O. The molecule has 1 fully saturated rings. The molecule has 1 saturated heterocycles. The van der Waals surface area contributed by atoms with Gasteiger partial charge in [-0.05, 0) is 37.1 Å². The van der Waals surface area contributed by atoms with Gasteiger partial charge in [0.2, 0.25) is 11.6 Å². The van der Waals surface area contributed by atoms with Crippen molar-refractivity contribution in [3.05, 3.63) is 71.5 Å². The monoisotopic (exact) mass is 461 g/mol. The highest BCUT2D eigenvalue weighted by molar-refractivity contribution is 5.93. The van der Waals surface area contributed by atoms with Crippen LogP contribution in [0.5, 0.6) is 0 Å². The highest BCUT2D eigenvalue weighted by atomic mass is 19.1. The van der Waals surface area contributed by atoms with Gasteiger partial charge in [-0.2, -0.15) is 9.49 Å². The second-order valence-corrected chi connectivity index (χ2v) is 8.39. The highest BCUT2D eigenvalue weighted by Gasteiger charge is 2.30. The van der Waals surface area contributed by atoms with E-state index in [0.717, 1.165) is 29.8 Å². The summed E-state index contributed by atoms with van der Waals surface area (Å²) in [7, 11) is 1.78. The summed E-state index contributed by atoms with van der Waals surface area (Å²) in [5.74, 6) is -2.11. The van der Waals surface area contributed by atoms with Crippen LogP contribution in [0.2, 0.25) is 0 Å². The fraction of sp³-hybridized carbons (Fsp3) is 0.250. The molecule has 2 aromatic carbocycles. The maximum absolute atomic E-state index is 15.9. The molecule has 0 radical (unpaired) electrons. The van der Waals surface area contributed by atoms with Crippen LogP contribution in [0.4, 0.5) is 14.5 Å². The van der Waals surface area contributed by atoms with Gasteiger partial charge in [-0.1, -0.05) is 12.1 Å². The van der Waals surface area contributed by atoms with Gasteiger partial charge in [0.1, 0.15) is 11.6 Å². The number of aromatic nitrogens is 4. The smallest absolute Gasteiger partial charge is 0.277 e. The molecule has 0 bridgehead atoms. The number of likely N-dealkylation sites (tertiary alicyclic amines) is 1. The van der Waals surface area contributed by atoms with Gasteiger partial charge in [-0.25, -0.2) is 14.2 Å². The Balaban J connectivity index is 1.68. The number of fused-ring (bicyclic) bond motifs is 1. The van der Waals surface area contributed by atoms with Crippen molar-refractivity contribution in [1.82, 2.24) is 24.2 Å². The van der Waals surface area contributed by atoms with Crippen LogP contribution in [0, 0.1) is 18.3 Å². The first-order valence-electron chi connectivity index (χ1n) is 10.8. The minimum absolute atomic E-state index is 0.0563. The summed E-state index contributed by atoms with van der Waals surface area (Å²) in [6, 6.07) is 8.88. The van der Waals surface area contributed by atoms with Gasteiger partial charge in [-0.3, -0.25) is 14.0 Å². The number of nitrogens with two attached hydrogens (primary N) is 1. The highest BCUT2D eigenvalue weighted by Crippen LogP contribution is 2.31. The number of hydrogen-bond acceptors (Lipinski definition) is 4. The molecule has 1 amide bonds. The summed E-state index contributed by atoms with van der Waals surface area (Å²) >= 11 is 0. The third-order valence-electron chi connectivity index (χ3n) is 5.96. The number of carbonyl (C=O) groups excluding carboxylic acids is 1. The third-order valence-corrected chi connectivity index (χ3v) is 5.96. The molecule has 0 unspecified atom stereocenters. The molecule has 0 spiro atoms. The normalized spacial score (nSPS) is 16.1. The minimum Gasteiger partial charge on any atom is -0.336 e. The van der Waals surface area contributed by atoms with Crippen molar-refractivity contribution in [2.45, 2.75) is 18.9 Å². The fourth-order valence-corrected chi connectivity index (χ4v) is 4.32. The zero-order chi connectivity index (χ0) is 24.0. The van der Waals surface area contributed by atoms with Crippen LogP contribution in [-0.2, 0) is 7.05 Å². The van der Waals surface area contributed by atoms with E-state index in [2.05, 4.69) is 14.9 Å². The molecule has 1 atom stereocenters. The third kappa shape index (κ3) is 3.70. The number of amides is 1. The van der Waals surface area contributed by atoms with E-state index in [1.54, 1.807) is 36.1 Å². The van der Waals surface area contributed by atoms with Gasteiger partial charge in [0, 0.05) is 43.3 Å². The van der Waals surface area contributed by atoms with Crippen molar-refractivity contribution in [3.63, 3.8) is 0 Å². The molecule has 0 aliphatic carbocycles. The molecule has 2 aromatic heterocycles. The van der Waals surface area contributed by atoms with Gasteiger partial charge < -0.3 is 10.6 Å². The number of nitrogens with zero attached hydrogens (tertiary/aromatic N) is 6. The standard InChI is InChI=1S/C24H21F2N7O/c1-28-20-7-5-14(11-18(20)25)23-29-21(24(34)32-9-3-4-16(27)13-32)22(26)33(23)17-6-8-19-15(10-17)12-31(2)30-19/h5-8,10-12,16H,3-4,9,13,27H2,2H3/t16-/m1/s1. The Labute approximate surface area is 194 Å². The van der Waals surface area contributed by atoms with E-state index in [4.69, 9.17) is 12.3 Å². The Hall–Kier alpha value is -4.10. The number of halogens is 2. The van der Waals surface area contributed by atoms with Crippen molar-refractivity contribution in [3.8, 4) is 17.1 Å². The largest absolute Gasteiger partial charge is 0.336 e. The topological polar surface area (TPSA) is 86.3 Å². The lowest BCUT2D eigenvalue weighted by molar-refractivity contribution is 0.0698. The Kier molecular flexibility index (Phi) is 5.34. The molecular weight excluding hydrogens is 440 g/mol. The van der Waals surface area contributed by atoms with E-state index in [1.165, 1.54) is 21.6 Å². The number of hydrogen-bond donors (Lipinski definition) is 1. The van der Waals surface area contributed by atoms with Crippen LogP contribution >= 0.6 is 0 Å². The van der Waals surface area contributed by atoms with Crippen molar-refractivity contribution in [2.24, 2.45) is 12.8 Å². The van der Waals surface area contributed by atoms with Gasteiger partial charge in [0.25, 0.3) is 5.91 Å². The molecule has 10 heteroatoms. The molecule has 5 rings (SSSR count). The van der Waals surface area contributed by atoms with Crippen LogP contribution in [0.15, 0.2) is 42.6 Å². The zero-order valence-electron chi connectivity index (χ0n) is 18.4. The Morgan fingerprint density at radius 2 is 2.06 bits per heavy atom. The lowest BCUT2D eigenvalue weighted by atomic mass is 10.1. The van der Waals surface area contributed by atoms with Crippen molar-refractivity contribution < 1.29 is 13.6 Å². The average Bonchev–Trinajstić information content (AvgIpc) is 3.36. The van der Waals surface area contributed by atoms with E-state index < -0.39 is 17.7 Å². The lowest BCUT2D eigenvalue weighted by Crippen LogP contribution is -2.46. The first-order valence-corrected chi connectivity index (χ1v) is 10.8. The molecule has 34 heavy (non-hydrogen) atoms. The summed E-state index contributed by atoms with van der Waals surface area (Å²) in [6.07, 6.45) is 3.31. The number of benzene rings is 2. The summed E-state index contributed by atoms with van der Waals surface area (Å²) in [5.41, 5.74) is 6.87. The Morgan fingerprint density at radius 1 is 1.24 bits per heavy atom. The second kappa shape index (κ2) is 8.35. The van der Waals surface area contributed by atoms with Crippen LogP contribution in [0.25, 0.3) is 32.8 Å². The van der Waals surface area contributed by atoms with Gasteiger partial charge in [-0.15, -0.1) is 0 Å². The van der Waals surface area contributed by atoms with E-state index in [-0.39, 0.29) is 28.8 Å². The number of imidazole rings is 1.